The molecule has 1 heterocycles. The van der Waals surface area contributed by atoms with Crippen LogP contribution in [0.1, 0.15) is 37.6 Å². The number of ketones is 1. The standard InChI is InChI=1S/C19H22ClNO4S/c1-5-12(3)25-19(23)15-11-26-18(21(15)6-2)10-16(22)14-9-13(20)7-8-17(14)24-4/h7-12H,5-6H2,1-4H3. The van der Waals surface area contributed by atoms with Crippen LogP contribution in [-0.2, 0) is 9.53 Å². The van der Waals surface area contributed by atoms with Gasteiger partial charge in [0.05, 0.1) is 23.8 Å². The van der Waals surface area contributed by atoms with Crippen molar-refractivity contribution in [2.75, 3.05) is 13.7 Å². The van der Waals surface area contributed by atoms with Crippen LogP contribution in [-0.4, -0.2) is 36.4 Å². The minimum absolute atomic E-state index is 0.155. The summed E-state index contributed by atoms with van der Waals surface area (Å²) in [4.78, 5) is 26.8. The fourth-order valence-corrected chi connectivity index (χ4v) is 3.51. The molecular formula is C19H22ClNO4S. The molecule has 1 aliphatic heterocycles. The Hall–Kier alpha value is -1.92. The Morgan fingerprint density at radius 3 is 2.69 bits per heavy atom. The van der Waals surface area contributed by atoms with E-state index >= 15 is 0 Å². The molecule has 140 valence electrons. The number of carbonyl (C=O) groups is 2. The number of hydrogen-bond acceptors (Lipinski definition) is 6. The van der Waals surface area contributed by atoms with Gasteiger partial charge in [0.1, 0.15) is 11.4 Å². The van der Waals surface area contributed by atoms with E-state index in [1.807, 2.05) is 20.8 Å². The number of hydrogen-bond donors (Lipinski definition) is 0. The first kappa shape index (κ1) is 20.4. The zero-order valence-corrected chi connectivity index (χ0v) is 16.8. The molecule has 0 fully saturated rings. The lowest BCUT2D eigenvalue weighted by Gasteiger charge is -2.21. The Labute approximate surface area is 163 Å². The lowest BCUT2D eigenvalue weighted by atomic mass is 10.1. The van der Waals surface area contributed by atoms with Crippen LogP contribution in [0.3, 0.4) is 0 Å². The zero-order valence-electron chi connectivity index (χ0n) is 15.2. The number of rotatable bonds is 7. The maximum Gasteiger partial charge on any atom is 0.355 e. The summed E-state index contributed by atoms with van der Waals surface area (Å²) in [5, 5.41) is 2.83. The van der Waals surface area contributed by atoms with Crippen molar-refractivity contribution in [3.8, 4) is 5.75 Å². The number of likely N-dealkylation sites (N-methyl/N-ethyl adjacent to an activating group) is 1. The molecular weight excluding hydrogens is 374 g/mol. The summed E-state index contributed by atoms with van der Waals surface area (Å²) in [5.74, 6) is -0.174. The van der Waals surface area contributed by atoms with Crippen molar-refractivity contribution in [2.45, 2.75) is 33.3 Å². The highest BCUT2D eigenvalue weighted by Gasteiger charge is 2.28. The number of nitrogens with zero attached hydrogens (tertiary/aromatic N) is 1. The van der Waals surface area contributed by atoms with Crippen molar-refractivity contribution >= 4 is 35.1 Å². The molecule has 1 aromatic rings. The number of ether oxygens (including phenoxy) is 2. The fourth-order valence-electron chi connectivity index (χ4n) is 2.35. The quantitative estimate of drug-likeness (QED) is 0.381. The summed E-state index contributed by atoms with van der Waals surface area (Å²) in [6.07, 6.45) is 2.08. The average molecular weight is 396 g/mol. The van der Waals surface area contributed by atoms with Gasteiger partial charge < -0.3 is 14.4 Å². The molecule has 0 aliphatic carbocycles. The van der Waals surface area contributed by atoms with Crippen LogP contribution in [0, 0.1) is 0 Å². The molecule has 1 unspecified atom stereocenters. The maximum absolute atomic E-state index is 12.7. The van der Waals surface area contributed by atoms with E-state index in [0.717, 1.165) is 6.42 Å². The third-order valence-electron chi connectivity index (χ3n) is 3.94. The number of halogens is 1. The van der Waals surface area contributed by atoms with Gasteiger partial charge in [-0.25, -0.2) is 4.79 Å². The highest BCUT2D eigenvalue weighted by Crippen LogP contribution is 2.36. The predicted octanol–water partition coefficient (Wildman–Crippen LogP) is 4.62. The maximum atomic E-state index is 12.7. The minimum Gasteiger partial charge on any atom is -0.496 e. The molecule has 0 saturated carbocycles. The van der Waals surface area contributed by atoms with E-state index in [2.05, 4.69) is 0 Å². The molecule has 0 aromatic heterocycles. The lowest BCUT2D eigenvalue weighted by molar-refractivity contribution is -0.145. The molecule has 0 N–H and O–H groups in total. The molecule has 1 atom stereocenters. The second-order valence-corrected chi connectivity index (χ2v) is 7.01. The van der Waals surface area contributed by atoms with E-state index in [-0.39, 0.29) is 17.9 Å². The topological polar surface area (TPSA) is 55.8 Å². The van der Waals surface area contributed by atoms with Crippen molar-refractivity contribution < 1.29 is 19.1 Å². The molecule has 0 saturated heterocycles. The Bertz CT molecular complexity index is 760. The van der Waals surface area contributed by atoms with Gasteiger partial charge in [0.25, 0.3) is 0 Å². The summed E-state index contributed by atoms with van der Waals surface area (Å²) < 4.78 is 10.6. The number of thioether (sulfide) groups is 1. The highest BCUT2D eigenvalue weighted by atomic mass is 35.5. The van der Waals surface area contributed by atoms with Gasteiger partial charge in [0, 0.05) is 23.1 Å². The number of allylic oxidation sites excluding steroid dienone is 1. The second-order valence-electron chi connectivity index (χ2n) is 5.68. The molecule has 0 spiro atoms. The summed E-state index contributed by atoms with van der Waals surface area (Å²) >= 11 is 7.32. The van der Waals surface area contributed by atoms with E-state index in [9.17, 15) is 9.59 Å². The van der Waals surface area contributed by atoms with Crippen molar-refractivity contribution in [1.82, 2.24) is 4.90 Å². The molecule has 1 aliphatic rings. The van der Waals surface area contributed by atoms with Crippen LogP contribution in [0.4, 0.5) is 0 Å². The van der Waals surface area contributed by atoms with Gasteiger partial charge in [-0.15, -0.1) is 0 Å². The molecule has 0 amide bonds. The monoisotopic (exact) mass is 395 g/mol. The van der Waals surface area contributed by atoms with E-state index in [4.69, 9.17) is 21.1 Å². The zero-order chi connectivity index (χ0) is 19.3. The average Bonchev–Trinajstić information content (AvgIpc) is 3.03. The van der Waals surface area contributed by atoms with Crippen LogP contribution in [0.25, 0.3) is 0 Å². The number of benzene rings is 1. The largest absolute Gasteiger partial charge is 0.496 e. The summed E-state index contributed by atoms with van der Waals surface area (Å²) in [5.41, 5.74) is 0.815. The third kappa shape index (κ3) is 4.62. The van der Waals surface area contributed by atoms with Gasteiger partial charge in [-0.1, -0.05) is 30.3 Å². The number of esters is 1. The van der Waals surface area contributed by atoms with Crippen LogP contribution < -0.4 is 4.74 Å². The first-order chi connectivity index (χ1) is 12.4. The van der Waals surface area contributed by atoms with Gasteiger partial charge in [0.2, 0.25) is 0 Å². The summed E-state index contributed by atoms with van der Waals surface area (Å²) in [6, 6.07) is 4.89. The number of carbonyl (C=O) groups excluding carboxylic acids is 2. The Morgan fingerprint density at radius 1 is 1.35 bits per heavy atom. The molecule has 0 bridgehead atoms. The lowest BCUT2D eigenvalue weighted by Crippen LogP contribution is -2.26. The van der Waals surface area contributed by atoms with Gasteiger partial charge in [0.15, 0.2) is 5.78 Å². The number of methoxy groups -OCH3 is 1. The second kappa shape index (κ2) is 9.14. The van der Waals surface area contributed by atoms with Crippen LogP contribution in [0.2, 0.25) is 5.02 Å². The van der Waals surface area contributed by atoms with E-state index in [1.165, 1.54) is 24.9 Å². The van der Waals surface area contributed by atoms with Gasteiger partial charge in [-0.2, -0.15) is 0 Å². The SMILES string of the molecule is CCC(C)OC(=O)C1=CSC(=CC(=O)c2cc(Cl)ccc2OC)N1CC. The van der Waals surface area contributed by atoms with Gasteiger partial charge in [-0.05, 0) is 38.5 Å². The molecule has 7 heteroatoms. The molecule has 1 aromatic carbocycles. The summed E-state index contributed by atoms with van der Waals surface area (Å²) in [7, 11) is 1.50. The highest BCUT2D eigenvalue weighted by molar-refractivity contribution is 8.06. The van der Waals surface area contributed by atoms with E-state index < -0.39 is 0 Å². The van der Waals surface area contributed by atoms with Gasteiger partial charge in [-0.3, -0.25) is 4.79 Å². The van der Waals surface area contributed by atoms with Gasteiger partial charge >= 0.3 is 5.97 Å². The van der Waals surface area contributed by atoms with Crippen molar-refractivity contribution in [3.63, 3.8) is 0 Å². The molecule has 5 nitrogen and oxygen atoms in total. The first-order valence-corrected chi connectivity index (χ1v) is 9.61. The van der Waals surface area contributed by atoms with E-state index in [1.54, 1.807) is 28.5 Å². The first-order valence-electron chi connectivity index (χ1n) is 8.36. The minimum atomic E-state index is -0.384. The summed E-state index contributed by atoms with van der Waals surface area (Å²) in [6.45, 7) is 6.26. The Kier molecular flexibility index (Phi) is 7.17. The van der Waals surface area contributed by atoms with Crippen molar-refractivity contribution in [3.05, 3.63) is 51.0 Å². The molecule has 2 rings (SSSR count). The smallest absolute Gasteiger partial charge is 0.355 e. The van der Waals surface area contributed by atoms with Crippen molar-refractivity contribution in [2.24, 2.45) is 0 Å². The van der Waals surface area contributed by atoms with Crippen LogP contribution in [0.5, 0.6) is 5.75 Å². The van der Waals surface area contributed by atoms with E-state index in [0.29, 0.717) is 33.6 Å². The fraction of sp³-hybridized carbons (Fsp3) is 0.368. The Balaban J connectivity index is 2.23. The van der Waals surface area contributed by atoms with Crippen LogP contribution >= 0.6 is 23.4 Å². The van der Waals surface area contributed by atoms with Crippen molar-refractivity contribution in [1.29, 1.82) is 0 Å². The molecule has 0 radical (unpaired) electrons. The normalized spacial score (nSPS) is 16.4. The third-order valence-corrected chi connectivity index (χ3v) is 5.09. The molecule has 26 heavy (non-hydrogen) atoms. The predicted molar refractivity (Wildman–Crippen MR) is 104 cm³/mol. The Morgan fingerprint density at radius 2 is 2.08 bits per heavy atom. The van der Waals surface area contributed by atoms with Crippen LogP contribution in [0.15, 0.2) is 40.4 Å².